The molecule has 2 aliphatic rings. The van der Waals surface area contributed by atoms with Crippen LogP contribution in [0.2, 0.25) is 0 Å². The Bertz CT molecular complexity index is 1440. The van der Waals surface area contributed by atoms with Gasteiger partial charge in [0.15, 0.2) is 71.9 Å². The van der Waals surface area contributed by atoms with Crippen LogP contribution in [0.3, 0.4) is 0 Å². The van der Waals surface area contributed by atoms with Crippen LogP contribution in [-0.2, 0) is 56.8 Å². The van der Waals surface area contributed by atoms with Gasteiger partial charge in [-0.1, -0.05) is 0 Å². The first-order valence-electron chi connectivity index (χ1n) is 14.3. The minimum absolute atomic E-state index is 0.196. The number of benzene rings is 2. The molecule has 2 aromatic carbocycles. The van der Waals surface area contributed by atoms with Gasteiger partial charge < -0.3 is 56.8 Å². The molecule has 0 heterocycles. The lowest BCUT2D eigenvalue weighted by Crippen LogP contribution is -2.02. The van der Waals surface area contributed by atoms with Gasteiger partial charge in [-0.15, -0.1) is 0 Å². The first kappa shape index (κ1) is 32.9. The van der Waals surface area contributed by atoms with Crippen LogP contribution in [0.4, 0.5) is 0 Å². The van der Waals surface area contributed by atoms with E-state index in [9.17, 15) is 0 Å². The Morgan fingerprint density at radius 2 is 0.565 bits per heavy atom. The standard InChI is InChI=1S/C34H32O12/c1-5-35-13-17-39-21-43-31-25-9-10-27-30-28(12-11-26(29(25)30)32(31)44-22-40-18-14-36-6-2)34(46-24-42-20-16-38-8-4)33(27)45-23-41-19-15-37-7-3/h9-12H,5-8,21-24H2,1-4H3. The molecule has 12 nitrogen and oxygen atoms in total. The fourth-order valence-electron chi connectivity index (χ4n) is 4.31. The van der Waals surface area contributed by atoms with Gasteiger partial charge in [0.25, 0.3) is 0 Å². The first-order chi connectivity index (χ1) is 22.8. The number of ether oxygens (including phenoxy) is 12. The number of rotatable bonds is 16. The molecule has 240 valence electrons. The summed E-state index contributed by atoms with van der Waals surface area (Å²) in [6.07, 6.45) is 19.5. The van der Waals surface area contributed by atoms with Gasteiger partial charge in [0.1, 0.15) is 0 Å². The molecule has 0 spiro atoms. The summed E-state index contributed by atoms with van der Waals surface area (Å²) in [6.45, 7) is 8.22. The normalized spacial score (nSPS) is 11.3. The monoisotopic (exact) mass is 632 g/mol. The van der Waals surface area contributed by atoms with E-state index in [-0.39, 0.29) is 27.2 Å². The molecular formula is C34H32O12. The van der Waals surface area contributed by atoms with Crippen molar-refractivity contribution in [3.8, 4) is 48.9 Å². The second-order valence-electron chi connectivity index (χ2n) is 8.56. The van der Waals surface area contributed by atoms with Crippen LogP contribution >= 0.6 is 0 Å². The van der Waals surface area contributed by atoms with E-state index in [0.717, 1.165) is 33.0 Å². The second kappa shape index (κ2) is 18.0. The zero-order valence-corrected chi connectivity index (χ0v) is 25.9. The molecule has 2 aromatic rings. The molecule has 0 aliphatic heterocycles. The predicted molar refractivity (Wildman–Crippen MR) is 163 cm³/mol. The van der Waals surface area contributed by atoms with Crippen LogP contribution in [0.5, 0.6) is 0 Å². The van der Waals surface area contributed by atoms with Crippen LogP contribution in [0.1, 0.15) is 49.9 Å². The molecule has 2 aliphatic carbocycles. The van der Waals surface area contributed by atoms with Gasteiger partial charge in [0, 0.05) is 33.0 Å². The van der Waals surface area contributed by atoms with Gasteiger partial charge in [0.2, 0.25) is 27.2 Å². The minimum atomic E-state index is -0.196. The average Bonchev–Trinajstić information content (AvgIpc) is 3.54. The van der Waals surface area contributed by atoms with Crippen molar-refractivity contribution in [1.82, 2.24) is 0 Å². The third-order valence-electron chi connectivity index (χ3n) is 5.92. The highest BCUT2D eigenvalue weighted by Gasteiger charge is 2.35. The van der Waals surface area contributed by atoms with Crippen molar-refractivity contribution in [3.63, 3.8) is 0 Å². The maximum absolute atomic E-state index is 6.03. The fourth-order valence-corrected chi connectivity index (χ4v) is 4.31. The Morgan fingerprint density at radius 1 is 0.348 bits per heavy atom. The van der Waals surface area contributed by atoms with Crippen molar-refractivity contribution >= 4 is 33.8 Å². The van der Waals surface area contributed by atoms with Crippen LogP contribution in [-0.4, -0.2) is 53.6 Å². The lowest BCUT2D eigenvalue weighted by Gasteiger charge is -2.12. The Labute approximate surface area is 267 Å². The Morgan fingerprint density at radius 3 is 0.783 bits per heavy atom. The van der Waals surface area contributed by atoms with Gasteiger partial charge in [0.05, 0.1) is 26.4 Å². The zero-order chi connectivity index (χ0) is 32.4. The Kier molecular flexibility index (Phi) is 12.9. The quantitative estimate of drug-likeness (QED) is 0.143. The van der Waals surface area contributed by atoms with E-state index >= 15 is 0 Å². The summed E-state index contributed by atoms with van der Waals surface area (Å²) in [5.41, 5.74) is 2.97. The van der Waals surface area contributed by atoms with E-state index in [1.165, 1.54) is 0 Å². The first-order valence-corrected chi connectivity index (χ1v) is 14.3. The van der Waals surface area contributed by atoms with E-state index in [4.69, 9.17) is 56.8 Å². The summed E-state index contributed by atoms with van der Waals surface area (Å²) in [7, 11) is 0. The summed E-state index contributed by atoms with van der Waals surface area (Å²) in [5.74, 6) is 1.66. The SMILES string of the molecule is CCOC#COCOC1=C(OCOC#COCC)c2ccc3c4c(ccc1c24)C(OCOC#COCC)=C3OCOC#COCC. The predicted octanol–water partition coefficient (Wildman–Crippen LogP) is 4.90. The maximum atomic E-state index is 6.03. The number of hydrogen-bond donors (Lipinski definition) is 0. The minimum Gasteiger partial charge on any atom is -0.452 e. The van der Waals surface area contributed by atoms with E-state index in [1.807, 2.05) is 52.0 Å². The molecule has 0 aromatic heterocycles. The smallest absolute Gasteiger partial charge is 0.241 e. The van der Waals surface area contributed by atoms with Crippen molar-refractivity contribution in [1.29, 1.82) is 0 Å². The van der Waals surface area contributed by atoms with E-state index in [1.54, 1.807) is 0 Å². The lowest BCUT2D eigenvalue weighted by molar-refractivity contribution is 0.0537. The van der Waals surface area contributed by atoms with Gasteiger partial charge in [-0.3, -0.25) is 0 Å². The number of hydrogen-bond acceptors (Lipinski definition) is 12. The molecule has 0 unspecified atom stereocenters. The maximum Gasteiger partial charge on any atom is 0.241 e. The van der Waals surface area contributed by atoms with E-state index in [0.29, 0.717) is 49.5 Å². The summed E-state index contributed by atoms with van der Waals surface area (Å²) < 4.78 is 65.2. The second-order valence-corrected chi connectivity index (χ2v) is 8.56. The molecule has 0 amide bonds. The molecule has 0 fully saturated rings. The summed E-state index contributed by atoms with van der Waals surface area (Å²) in [6, 6.07) is 7.52. The van der Waals surface area contributed by atoms with Crippen LogP contribution in [0, 0.1) is 48.9 Å². The third kappa shape index (κ3) is 8.14. The average molecular weight is 633 g/mol. The Balaban J connectivity index is 1.66. The van der Waals surface area contributed by atoms with Crippen LogP contribution in [0.15, 0.2) is 24.3 Å². The van der Waals surface area contributed by atoms with Gasteiger partial charge in [-0.2, -0.15) is 0 Å². The molecule has 0 saturated heterocycles. The summed E-state index contributed by atoms with van der Waals surface area (Å²) >= 11 is 0. The van der Waals surface area contributed by atoms with E-state index < -0.39 is 0 Å². The molecule has 12 heteroatoms. The summed E-state index contributed by atoms with van der Waals surface area (Å²) in [5, 5.41) is 1.66. The van der Waals surface area contributed by atoms with Crippen molar-refractivity contribution in [2.75, 3.05) is 53.6 Å². The zero-order valence-electron chi connectivity index (χ0n) is 25.9. The summed E-state index contributed by atoms with van der Waals surface area (Å²) in [4.78, 5) is 0. The highest BCUT2D eigenvalue weighted by molar-refractivity contribution is 6.19. The molecule has 0 N–H and O–H groups in total. The topological polar surface area (TPSA) is 111 Å². The molecule has 0 bridgehead atoms. The molecule has 0 atom stereocenters. The molecule has 0 radical (unpaired) electrons. The van der Waals surface area contributed by atoms with Crippen LogP contribution < -0.4 is 0 Å². The van der Waals surface area contributed by atoms with Crippen LogP contribution in [0.25, 0.3) is 33.8 Å². The van der Waals surface area contributed by atoms with Crippen molar-refractivity contribution < 1.29 is 56.8 Å². The highest BCUT2D eigenvalue weighted by atomic mass is 16.7. The Hall–Kier alpha value is -5.98. The highest BCUT2D eigenvalue weighted by Crippen LogP contribution is 2.51. The molecule has 46 heavy (non-hydrogen) atoms. The third-order valence-corrected chi connectivity index (χ3v) is 5.92. The molecular weight excluding hydrogens is 600 g/mol. The lowest BCUT2D eigenvalue weighted by atomic mass is 9.98. The molecule has 0 saturated carbocycles. The van der Waals surface area contributed by atoms with E-state index in [2.05, 4.69) is 48.9 Å². The van der Waals surface area contributed by atoms with Gasteiger partial charge >= 0.3 is 0 Å². The van der Waals surface area contributed by atoms with Crippen molar-refractivity contribution in [2.24, 2.45) is 0 Å². The molecule has 4 rings (SSSR count). The van der Waals surface area contributed by atoms with Gasteiger partial charge in [-0.05, 0) is 52.0 Å². The van der Waals surface area contributed by atoms with Crippen molar-refractivity contribution in [2.45, 2.75) is 27.7 Å². The largest absolute Gasteiger partial charge is 0.452 e. The van der Waals surface area contributed by atoms with Crippen molar-refractivity contribution in [3.05, 3.63) is 46.5 Å². The van der Waals surface area contributed by atoms with Gasteiger partial charge in [-0.25, -0.2) is 0 Å². The fraction of sp³-hybridized carbons (Fsp3) is 0.353.